The number of hydrogen-bond acceptors (Lipinski definition) is 6. The van der Waals surface area contributed by atoms with E-state index >= 15 is 0 Å². The van der Waals surface area contributed by atoms with Crippen LogP contribution >= 0.6 is 11.8 Å². The number of anilines is 1. The van der Waals surface area contributed by atoms with E-state index in [1.54, 1.807) is 18.0 Å². The highest BCUT2D eigenvalue weighted by molar-refractivity contribution is 7.98. The van der Waals surface area contributed by atoms with Crippen molar-refractivity contribution in [3.8, 4) is 0 Å². The first-order valence-electron chi connectivity index (χ1n) is 4.41. The standard InChI is InChI=1S/C9H13N3O2S/c1-14-9(13)7-5-10-6-8(12-7)11-3-4-15-2/h5-6H,3-4H2,1-2H3,(H,11,12). The van der Waals surface area contributed by atoms with Crippen LogP contribution in [0.25, 0.3) is 0 Å². The highest BCUT2D eigenvalue weighted by Gasteiger charge is 2.07. The van der Waals surface area contributed by atoms with Gasteiger partial charge in [0, 0.05) is 12.3 Å². The molecule has 1 aromatic rings. The molecule has 0 atom stereocenters. The third kappa shape index (κ3) is 3.75. The van der Waals surface area contributed by atoms with Crippen molar-refractivity contribution in [1.29, 1.82) is 0 Å². The van der Waals surface area contributed by atoms with Crippen molar-refractivity contribution < 1.29 is 9.53 Å². The number of aromatic nitrogens is 2. The van der Waals surface area contributed by atoms with Gasteiger partial charge in [0.2, 0.25) is 0 Å². The number of nitrogens with one attached hydrogen (secondary N) is 1. The third-order valence-electron chi connectivity index (χ3n) is 1.64. The number of thioether (sulfide) groups is 1. The maximum Gasteiger partial charge on any atom is 0.358 e. The number of carbonyl (C=O) groups is 1. The zero-order chi connectivity index (χ0) is 11.1. The Morgan fingerprint density at radius 2 is 2.40 bits per heavy atom. The first-order valence-corrected chi connectivity index (χ1v) is 5.80. The van der Waals surface area contributed by atoms with Gasteiger partial charge < -0.3 is 10.1 Å². The fourth-order valence-corrected chi connectivity index (χ4v) is 1.24. The quantitative estimate of drug-likeness (QED) is 0.599. The van der Waals surface area contributed by atoms with Crippen molar-refractivity contribution in [1.82, 2.24) is 9.97 Å². The Bertz CT molecular complexity index is 333. The van der Waals surface area contributed by atoms with Gasteiger partial charge in [-0.1, -0.05) is 0 Å². The average Bonchev–Trinajstić information content (AvgIpc) is 2.29. The van der Waals surface area contributed by atoms with E-state index in [4.69, 9.17) is 0 Å². The summed E-state index contributed by atoms with van der Waals surface area (Å²) in [5, 5.41) is 3.06. The van der Waals surface area contributed by atoms with Gasteiger partial charge in [-0.05, 0) is 6.26 Å². The van der Waals surface area contributed by atoms with E-state index in [9.17, 15) is 4.79 Å². The van der Waals surface area contributed by atoms with Crippen LogP contribution in [-0.4, -0.2) is 41.6 Å². The van der Waals surface area contributed by atoms with E-state index in [1.165, 1.54) is 13.3 Å². The van der Waals surface area contributed by atoms with Gasteiger partial charge >= 0.3 is 5.97 Å². The van der Waals surface area contributed by atoms with E-state index in [-0.39, 0.29) is 5.69 Å². The molecule has 0 spiro atoms. The van der Waals surface area contributed by atoms with Crippen molar-refractivity contribution in [2.75, 3.05) is 31.0 Å². The monoisotopic (exact) mass is 227 g/mol. The summed E-state index contributed by atoms with van der Waals surface area (Å²) in [5.41, 5.74) is 0.214. The van der Waals surface area contributed by atoms with Crippen molar-refractivity contribution >= 4 is 23.5 Å². The summed E-state index contributed by atoms with van der Waals surface area (Å²) in [7, 11) is 1.32. The minimum atomic E-state index is -0.476. The number of esters is 1. The number of rotatable bonds is 5. The van der Waals surface area contributed by atoms with Gasteiger partial charge in [0.25, 0.3) is 0 Å². The Balaban J connectivity index is 2.62. The zero-order valence-electron chi connectivity index (χ0n) is 8.69. The molecular formula is C9H13N3O2S. The molecule has 1 N–H and O–H groups in total. The van der Waals surface area contributed by atoms with Crippen LogP contribution in [0.2, 0.25) is 0 Å². The van der Waals surface area contributed by atoms with Crippen molar-refractivity contribution in [3.63, 3.8) is 0 Å². The molecule has 0 aliphatic rings. The Labute approximate surface area is 92.6 Å². The molecule has 5 nitrogen and oxygen atoms in total. The topological polar surface area (TPSA) is 64.1 Å². The van der Waals surface area contributed by atoms with Crippen LogP contribution in [-0.2, 0) is 4.74 Å². The molecule has 0 aliphatic heterocycles. The van der Waals surface area contributed by atoms with Gasteiger partial charge in [0.1, 0.15) is 5.82 Å². The molecular weight excluding hydrogens is 214 g/mol. The molecule has 0 radical (unpaired) electrons. The lowest BCUT2D eigenvalue weighted by Crippen LogP contribution is -2.10. The molecule has 0 bridgehead atoms. The summed E-state index contributed by atoms with van der Waals surface area (Å²) in [6.45, 7) is 0.792. The molecule has 6 heteroatoms. The maximum absolute atomic E-state index is 11.1. The van der Waals surface area contributed by atoms with Crippen LogP contribution in [0.1, 0.15) is 10.5 Å². The number of methoxy groups -OCH3 is 1. The molecule has 82 valence electrons. The molecule has 15 heavy (non-hydrogen) atoms. The molecule has 0 saturated heterocycles. The SMILES string of the molecule is COC(=O)c1cncc(NCCSC)n1. The first kappa shape index (κ1) is 11.8. The van der Waals surface area contributed by atoms with E-state index in [2.05, 4.69) is 20.0 Å². The Morgan fingerprint density at radius 1 is 1.60 bits per heavy atom. The molecule has 0 saturated carbocycles. The molecule has 0 fully saturated rings. The van der Waals surface area contributed by atoms with Crippen LogP contribution in [0.4, 0.5) is 5.82 Å². The molecule has 0 aromatic carbocycles. The molecule has 1 rings (SSSR count). The summed E-state index contributed by atoms with van der Waals surface area (Å²) in [6.07, 6.45) is 4.98. The summed E-state index contributed by atoms with van der Waals surface area (Å²) in [4.78, 5) is 19.1. The molecule has 1 heterocycles. The van der Waals surface area contributed by atoms with Gasteiger partial charge in [-0.25, -0.2) is 9.78 Å². The first-order chi connectivity index (χ1) is 7.27. The number of carbonyl (C=O) groups excluding carboxylic acids is 1. The van der Waals surface area contributed by atoms with E-state index < -0.39 is 5.97 Å². The second-order valence-electron chi connectivity index (χ2n) is 2.70. The molecule has 0 aliphatic carbocycles. The van der Waals surface area contributed by atoms with Crippen LogP contribution < -0.4 is 5.32 Å². The molecule has 0 amide bonds. The van der Waals surface area contributed by atoms with Gasteiger partial charge in [-0.2, -0.15) is 11.8 Å². The maximum atomic E-state index is 11.1. The Kier molecular flexibility index (Phi) is 4.89. The van der Waals surface area contributed by atoms with Crippen molar-refractivity contribution in [2.45, 2.75) is 0 Å². The Morgan fingerprint density at radius 3 is 3.07 bits per heavy atom. The van der Waals surface area contributed by atoms with Gasteiger partial charge in [0.05, 0.1) is 19.5 Å². The number of hydrogen-bond donors (Lipinski definition) is 1. The molecule has 1 aromatic heterocycles. The van der Waals surface area contributed by atoms with Crippen LogP contribution in [0.5, 0.6) is 0 Å². The lowest BCUT2D eigenvalue weighted by molar-refractivity contribution is 0.0593. The summed E-state index contributed by atoms with van der Waals surface area (Å²) < 4.78 is 4.54. The van der Waals surface area contributed by atoms with Crippen LogP contribution in [0.3, 0.4) is 0 Å². The van der Waals surface area contributed by atoms with Gasteiger partial charge in [0.15, 0.2) is 5.69 Å². The number of nitrogens with zero attached hydrogens (tertiary/aromatic N) is 2. The Hall–Kier alpha value is -1.30. The second kappa shape index (κ2) is 6.23. The summed E-state index contributed by atoms with van der Waals surface area (Å²) in [6, 6.07) is 0. The normalized spacial score (nSPS) is 9.73. The second-order valence-corrected chi connectivity index (χ2v) is 3.69. The average molecular weight is 227 g/mol. The lowest BCUT2D eigenvalue weighted by Gasteiger charge is -2.04. The molecule has 0 unspecified atom stereocenters. The minimum Gasteiger partial charge on any atom is -0.464 e. The predicted molar refractivity (Wildman–Crippen MR) is 60.2 cm³/mol. The van der Waals surface area contributed by atoms with Crippen molar-refractivity contribution in [2.24, 2.45) is 0 Å². The van der Waals surface area contributed by atoms with E-state index in [1.807, 2.05) is 6.26 Å². The predicted octanol–water partition coefficient (Wildman–Crippen LogP) is 1.04. The van der Waals surface area contributed by atoms with E-state index in [0.717, 1.165) is 12.3 Å². The fourth-order valence-electron chi connectivity index (χ4n) is 0.935. The largest absolute Gasteiger partial charge is 0.464 e. The smallest absolute Gasteiger partial charge is 0.358 e. The highest BCUT2D eigenvalue weighted by atomic mass is 32.2. The third-order valence-corrected chi connectivity index (χ3v) is 2.25. The zero-order valence-corrected chi connectivity index (χ0v) is 9.50. The number of ether oxygens (including phenoxy) is 1. The summed E-state index contributed by atoms with van der Waals surface area (Å²) in [5.74, 6) is 1.09. The van der Waals surface area contributed by atoms with Crippen LogP contribution in [0.15, 0.2) is 12.4 Å². The minimum absolute atomic E-state index is 0.214. The van der Waals surface area contributed by atoms with E-state index in [0.29, 0.717) is 5.82 Å². The fraction of sp³-hybridized carbons (Fsp3) is 0.444. The summed E-state index contributed by atoms with van der Waals surface area (Å²) >= 11 is 1.73. The van der Waals surface area contributed by atoms with Crippen molar-refractivity contribution in [3.05, 3.63) is 18.1 Å². The van der Waals surface area contributed by atoms with Crippen LogP contribution in [0, 0.1) is 0 Å². The highest BCUT2D eigenvalue weighted by Crippen LogP contribution is 2.03. The van der Waals surface area contributed by atoms with Gasteiger partial charge in [-0.3, -0.25) is 4.98 Å². The van der Waals surface area contributed by atoms with Gasteiger partial charge in [-0.15, -0.1) is 0 Å². The lowest BCUT2D eigenvalue weighted by atomic mass is 10.4.